The highest BCUT2D eigenvalue weighted by Gasteiger charge is 2.32. The molecular formula is C15H31N3O2. The molecule has 1 aliphatic rings. The Bertz CT molecular complexity index is 301. The molecule has 1 atom stereocenters. The highest BCUT2D eigenvalue weighted by molar-refractivity contribution is 5.78. The van der Waals surface area contributed by atoms with Crippen molar-refractivity contribution in [3.63, 3.8) is 0 Å². The fourth-order valence-electron chi connectivity index (χ4n) is 2.76. The Balaban J connectivity index is 2.25. The van der Waals surface area contributed by atoms with E-state index in [1.54, 1.807) is 6.92 Å². The quantitative estimate of drug-likeness (QED) is 0.657. The second-order valence-corrected chi connectivity index (χ2v) is 6.54. The normalized spacial score (nSPS) is 21.1. The molecule has 0 aromatic carbocycles. The van der Waals surface area contributed by atoms with E-state index in [-0.39, 0.29) is 6.04 Å². The standard InChI is InChI=1S/C15H31N3O2/c1-13(2)16-15(3,14(19)20)7-5-6-8-18-11-9-17(4)10-12-18/h13,16H,5-12H2,1-4H3,(H,19,20). The molecule has 1 fully saturated rings. The van der Waals surface area contributed by atoms with E-state index in [1.165, 1.54) is 0 Å². The molecule has 0 aromatic rings. The zero-order valence-electron chi connectivity index (χ0n) is 13.5. The Kier molecular flexibility index (Phi) is 6.92. The molecule has 1 aliphatic heterocycles. The Morgan fingerprint density at radius 3 is 2.35 bits per heavy atom. The Morgan fingerprint density at radius 1 is 1.25 bits per heavy atom. The van der Waals surface area contributed by atoms with Crippen molar-refractivity contribution in [3.05, 3.63) is 0 Å². The zero-order chi connectivity index (χ0) is 15.2. The van der Waals surface area contributed by atoms with E-state index in [9.17, 15) is 9.90 Å². The summed E-state index contributed by atoms with van der Waals surface area (Å²) in [7, 11) is 2.16. The summed E-state index contributed by atoms with van der Waals surface area (Å²) in [4.78, 5) is 16.2. The Morgan fingerprint density at radius 2 is 1.85 bits per heavy atom. The van der Waals surface area contributed by atoms with Gasteiger partial charge in [0, 0.05) is 32.2 Å². The minimum absolute atomic E-state index is 0.189. The van der Waals surface area contributed by atoms with Crippen LogP contribution in [-0.2, 0) is 4.79 Å². The van der Waals surface area contributed by atoms with Crippen LogP contribution in [0.2, 0.25) is 0 Å². The molecule has 20 heavy (non-hydrogen) atoms. The lowest BCUT2D eigenvalue weighted by molar-refractivity contribution is -0.144. The molecule has 0 aliphatic carbocycles. The summed E-state index contributed by atoms with van der Waals surface area (Å²) < 4.78 is 0. The minimum atomic E-state index is -0.795. The molecule has 118 valence electrons. The lowest BCUT2D eigenvalue weighted by Gasteiger charge is -2.33. The van der Waals surface area contributed by atoms with Crippen LogP contribution in [0.5, 0.6) is 0 Å². The van der Waals surface area contributed by atoms with Crippen molar-refractivity contribution in [3.8, 4) is 0 Å². The smallest absolute Gasteiger partial charge is 0.323 e. The van der Waals surface area contributed by atoms with Crippen molar-refractivity contribution in [1.82, 2.24) is 15.1 Å². The molecule has 1 rings (SSSR count). The van der Waals surface area contributed by atoms with E-state index in [2.05, 4.69) is 22.2 Å². The average Bonchev–Trinajstić information content (AvgIpc) is 2.36. The third kappa shape index (κ3) is 5.77. The molecule has 0 bridgehead atoms. The topological polar surface area (TPSA) is 55.8 Å². The maximum Gasteiger partial charge on any atom is 0.323 e. The van der Waals surface area contributed by atoms with E-state index in [1.807, 2.05) is 13.8 Å². The van der Waals surface area contributed by atoms with Crippen LogP contribution in [0.1, 0.15) is 40.0 Å². The van der Waals surface area contributed by atoms with Crippen LogP contribution < -0.4 is 5.32 Å². The highest BCUT2D eigenvalue weighted by Crippen LogP contribution is 2.16. The van der Waals surface area contributed by atoms with E-state index < -0.39 is 11.5 Å². The lowest BCUT2D eigenvalue weighted by atomic mass is 9.94. The van der Waals surface area contributed by atoms with Gasteiger partial charge in [0.1, 0.15) is 5.54 Å². The van der Waals surface area contributed by atoms with Crippen molar-refractivity contribution in [2.24, 2.45) is 0 Å². The summed E-state index contributed by atoms with van der Waals surface area (Å²) in [6, 6.07) is 0.189. The number of likely N-dealkylation sites (N-methyl/N-ethyl adjacent to an activating group) is 1. The zero-order valence-corrected chi connectivity index (χ0v) is 13.5. The average molecular weight is 285 g/mol. The molecule has 5 heteroatoms. The van der Waals surface area contributed by atoms with Gasteiger partial charge < -0.3 is 14.9 Å². The molecule has 5 nitrogen and oxygen atoms in total. The van der Waals surface area contributed by atoms with E-state index in [4.69, 9.17) is 0 Å². The molecule has 2 N–H and O–H groups in total. The van der Waals surface area contributed by atoms with Crippen LogP contribution >= 0.6 is 0 Å². The first kappa shape index (κ1) is 17.4. The fraction of sp³-hybridized carbons (Fsp3) is 0.933. The molecule has 1 unspecified atom stereocenters. The summed E-state index contributed by atoms with van der Waals surface area (Å²) in [6.07, 6.45) is 2.72. The molecule has 1 saturated heterocycles. The fourth-order valence-corrected chi connectivity index (χ4v) is 2.76. The van der Waals surface area contributed by atoms with Crippen LogP contribution in [0.15, 0.2) is 0 Å². The van der Waals surface area contributed by atoms with Gasteiger partial charge in [-0.25, -0.2) is 0 Å². The first-order valence-electron chi connectivity index (χ1n) is 7.75. The van der Waals surface area contributed by atoms with Gasteiger partial charge in [-0.15, -0.1) is 0 Å². The van der Waals surface area contributed by atoms with Crippen LogP contribution in [0.3, 0.4) is 0 Å². The van der Waals surface area contributed by atoms with Gasteiger partial charge in [-0.05, 0) is 53.6 Å². The maximum atomic E-state index is 11.4. The second kappa shape index (κ2) is 7.96. The lowest BCUT2D eigenvalue weighted by Crippen LogP contribution is -2.52. The largest absolute Gasteiger partial charge is 0.480 e. The van der Waals surface area contributed by atoms with Crippen LogP contribution in [-0.4, -0.2) is 72.2 Å². The number of rotatable bonds is 8. The summed E-state index contributed by atoms with van der Waals surface area (Å²) in [5.41, 5.74) is -0.795. The molecule has 0 spiro atoms. The van der Waals surface area contributed by atoms with E-state index in [0.717, 1.165) is 45.6 Å². The van der Waals surface area contributed by atoms with Crippen molar-refractivity contribution in [2.75, 3.05) is 39.8 Å². The molecule has 0 saturated carbocycles. The number of aliphatic carboxylic acids is 1. The van der Waals surface area contributed by atoms with Gasteiger partial charge in [0.2, 0.25) is 0 Å². The predicted molar refractivity (Wildman–Crippen MR) is 82.1 cm³/mol. The van der Waals surface area contributed by atoms with Crippen LogP contribution in [0.4, 0.5) is 0 Å². The van der Waals surface area contributed by atoms with E-state index in [0.29, 0.717) is 6.42 Å². The number of piperazine rings is 1. The predicted octanol–water partition coefficient (Wildman–Crippen LogP) is 1.25. The minimum Gasteiger partial charge on any atom is -0.480 e. The molecule has 1 heterocycles. The number of carbonyl (C=O) groups is 1. The van der Waals surface area contributed by atoms with E-state index >= 15 is 0 Å². The number of nitrogens with one attached hydrogen (secondary N) is 1. The highest BCUT2D eigenvalue weighted by atomic mass is 16.4. The number of hydrogen-bond donors (Lipinski definition) is 2. The summed E-state index contributed by atoms with van der Waals surface area (Å²) in [5, 5.41) is 12.6. The maximum absolute atomic E-state index is 11.4. The number of carboxylic acid groups (broad SMARTS) is 1. The van der Waals surface area contributed by atoms with Crippen LogP contribution in [0, 0.1) is 0 Å². The van der Waals surface area contributed by atoms with Crippen LogP contribution in [0.25, 0.3) is 0 Å². The Labute approximate surface area is 123 Å². The van der Waals surface area contributed by atoms with Gasteiger partial charge in [-0.1, -0.05) is 0 Å². The van der Waals surface area contributed by atoms with Crippen molar-refractivity contribution in [1.29, 1.82) is 0 Å². The summed E-state index contributed by atoms with van der Waals surface area (Å²) >= 11 is 0. The number of unbranched alkanes of at least 4 members (excludes halogenated alkanes) is 1. The number of hydrogen-bond acceptors (Lipinski definition) is 4. The van der Waals surface area contributed by atoms with Crippen molar-refractivity contribution in [2.45, 2.75) is 51.6 Å². The van der Waals surface area contributed by atoms with Gasteiger partial charge in [0.25, 0.3) is 0 Å². The third-order valence-electron chi connectivity index (χ3n) is 4.08. The van der Waals surface area contributed by atoms with Gasteiger partial charge in [-0.2, -0.15) is 0 Å². The monoisotopic (exact) mass is 285 g/mol. The number of carboxylic acids is 1. The Hall–Kier alpha value is -0.650. The van der Waals surface area contributed by atoms with Gasteiger partial charge in [0.05, 0.1) is 0 Å². The third-order valence-corrected chi connectivity index (χ3v) is 4.08. The summed E-state index contributed by atoms with van der Waals surface area (Å²) in [5.74, 6) is -0.745. The van der Waals surface area contributed by atoms with Gasteiger partial charge in [-0.3, -0.25) is 10.1 Å². The molecule has 0 radical (unpaired) electrons. The first-order chi connectivity index (χ1) is 9.33. The second-order valence-electron chi connectivity index (χ2n) is 6.54. The molecule has 0 aromatic heterocycles. The summed E-state index contributed by atoms with van der Waals surface area (Å²) in [6.45, 7) is 11.4. The van der Waals surface area contributed by atoms with Gasteiger partial charge >= 0.3 is 5.97 Å². The number of nitrogens with zero attached hydrogens (tertiary/aromatic N) is 2. The first-order valence-corrected chi connectivity index (χ1v) is 7.75. The molecule has 0 amide bonds. The molecular weight excluding hydrogens is 254 g/mol. The SMILES string of the molecule is CC(C)NC(C)(CCCCN1CCN(C)CC1)C(=O)O. The van der Waals surface area contributed by atoms with Crippen molar-refractivity contribution < 1.29 is 9.90 Å². The van der Waals surface area contributed by atoms with Gasteiger partial charge in [0.15, 0.2) is 0 Å². The van der Waals surface area contributed by atoms with Crippen molar-refractivity contribution >= 4 is 5.97 Å².